The van der Waals surface area contributed by atoms with Crippen molar-refractivity contribution in [2.24, 2.45) is 5.73 Å². The quantitative estimate of drug-likeness (QED) is 0.362. The van der Waals surface area contributed by atoms with Crippen LogP contribution < -0.4 is 5.73 Å². The van der Waals surface area contributed by atoms with Crippen molar-refractivity contribution in [3.63, 3.8) is 0 Å². The van der Waals surface area contributed by atoms with Crippen molar-refractivity contribution in [3.05, 3.63) is 0 Å². The zero-order chi connectivity index (χ0) is 4.99. The van der Waals surface area contributed by atoms with Gasteiger partial charge in [0.25, 0.3) is 0 Å². The molecule has 0 aromatic carbocycles. The Morgan fingerprint density at radius 3 is 2.17 bits per heavy atom. The van der Waals surface area contributed by atoms with Crippen molar-refractivity contribution in [2.45, 2.75) is 11.8 Å². The van der Waals surface area contributed by atoms with E-state index in [0.717, 1.165) is 12.2 Å². The van der Waals surface area contributed by atoms with Crippen LogP contribution in [0, 0.1) is 0 Å². The highest BCUT2D eigenvalue weighted by atomic mass is 32.1. The van der Waals surface area contributed by atoms with Gasteiger partial charge < -0.3 is 5.73 Å². The Labute approximate surface area is 49.1 Å². The second kappa shape index (κ2) is 3.84. The maximum Gasteiger partial charge on any atom is 0.0485 e. The summed E-state index contributed by atoms with van der Waals surface area (Å²) < 4.78 is 0. The molecule has 3 heteroatoms. The van der Waals surface area contributed by atoms with Gasteiger partial charge in [-0.25, -0.2) is 0 Å². The molecule has 0 fully saturated rings. The summed E-state index contributed by atoms with van der Waals surface area (Å²) >= 11 is 7.84. The highest BCUT2D eigenvalue weighted by Crippen LogP contribution is 1.92. The lowest BCUT2D eigenvalue weighted by atomic mass is 10.5. The van der Waals surface area contributed by atoms with Crippen LogP contribution in [0.2, 0.25) is 0 Å². The minimum Gasteiger partial charge on any atom is -0.320 e. The summed E-state index contributed by atoms with van der Waals surface area (Å²) in [6.07, 6.45) is 0.881. The number of thiol groups is 2. The first-order valence-electron chi connectivity index (χ1n) is 1.82. The fourth-order valence-corrected chi connectivity index (χ4v) is 0.743. The molecule has 6 heavy (non-hydrogen) atoms. The van der Waals surface area contributed by atoms with E-state index in [-0.39, 0.29) is 5.37 Å². The molecular formula is C3H9NS2. The van der Waals surface area contributed by atoms with E-state index in [1.54, 1.807) is 0 Å². The van der Waals surface area contributed by atoms with E-state index in [9.17, 15) is 0 Å². The largest absolute Gasteiger partial charge is 0.320 e. The smallest absolute Gasteiger partial charge is 0.0485 e. The van der Waals surface area contributed by atoms with Crippen LogP contribution in [0.1, 0.15) is 6.42 Å². The fourth-order valence-electron chi connectivity index (χ4n) is 0.132. The summed E-state index contributed by atoms with van der Waals surface area (Å²) in [4.78, 5) is 0. The van der Waals surface area contributed by atoms with Crippen LogP contribution in [0.15, 0.2) is 0 Å². The predicted molar refractivity (Wildman–Crippen MR) is 35.4 cm³/mol. The Morgan fingerprint density at radius 2 is 2.17 bits per heavy atom. The minimum atomic E-state index is 0.0162. The van der Waals surface area contributed by atoms with E-state index in [2.05, 4.69) is 25.3 Å². The lowest BCUT2D eigenvalue weighted by Gasteiger charge is -1.95. The third-order valence-corrected chi connectivity index (χ3v) is 0.941. The minimum absolute atomic E-state index is 0.0162. The average molecular weight is 123 g/mol. The van der Waals surface area contributed by atoms with E-state index < -0.39 is 0 Å². The molecule has 0 aromatic rings. The van der Waals surface area contributed by atoms with E-state index in [0.29, 0.717) is 0 Å². The van der Waals surface area contributed by atoms with E-state index in [4.69, 9.17) is 5.73 Å². The molecule has 0 rings (SSSR count). The van der Waals surface area contributed by atoms with Gasteiger partial charge in [0.2, 0.25) is 0 Å². The maximum atomic E-state index is 5.22. The average Bonchev–Trinajstić information content (AvgIpc) is 1.35. The molecule has 38 valence electrons. The standard InChI is InChI=1S/C3H9NS2/c4-3(6)1-2-5/h3,5-6H,1-2,4H2. The summed E-state index contributed by atoms with van der Waals surface area (Å²) in [6.45, 7) is 0. The first kappa shape index (κ1) is 6.66. The fraction of sp³-hybridized carbons (Fsp3) is 1.00. The molecule has 0 heterocycles. The van der Waals surface area contributed by atoms with E-state index in [1.165, 1.54) is 0 Å². The normalized spacial score (nSPS) is 14.5. The second-order valence-electron chi connectivity index (χ2n) is 1.08. The maximum absolute atomic E-state index is 5.22. The monoisotopic (exact) mass is 123 g/mol. The van der Waals surface area contributed by atoms with Crippen molar-refractivity contribution in [1.29, 1.82) is 0 Å². The molecule has 0 saturated heterocycles. The van der Waals surface area contributed by atoms with Crippen LogP contribution in [-0.4, -0.2) is 11.1 Å². The van der Waals surface area contributed by atoms with Crippen LogP contribution in [0.4, 0.5) is 0 Å². The summed E-state index contributed by atoms with van der Waals surface area (Å²) in [6, 6.07) is 0. The van der Waals surface area contributed by atoms with Gasteiger partial charge in [0.05, 0.1) is 0 Å². The molecule has 0 aromatic heterocycles. The third-order valence-electron chi connectivity index (χ3n) is 0.425. The lowest BCUT2D eigenvalue weighted by Crippen LogP contribution is -2.11. The van der Waals surface area contributed by atoms with Gasteiger partial charge in [0.15, 0.2) is 0 Å². The summed E-state index contributed by atoms with van der Waals surface area (Å²) in [7, 11) is 0. The highest BCUT2D eigenvalue weighted by Gasteiger charge is 1.87. The van der Waals surface area contributed by atoms with Crippen molar-refractivity contribution < 1.29 is 0 Å². The van der Waals surface area contributed by atoms with Crippen LogP contribution in [0.3, 0.4) is 0 Å². The first-order valence-corrected chi connectivity index (χ1v) is 2.96. The molecule has 0 saturated carbocycles. The lowest BCUT2D eigenvalue weighted by molar-refractivity contribution is 0.888. The third kappa shape index (κ3) is 4.66. The Morgan fingerprint density at radius 1 is 1.67 bits per heavy atom. The van der Waals surface area contributed by atoms with Crippen LogP contribution in [-0.2, 0) is 0 Å². The highest BCUT2D eigenvalue weighted by molar-refractivity contribution is 7.81. The summed E-state index contributed by atoms with van der Waals surface area (Å²) in [5.41, 5.74) is 5.22. The van der Waals surface area contributed by atoms with Gasteiger partial charge in [-0.15, -0.1) is 0 Å². The van der Waals surface area contributed by atoms with Gasteiger partial charge >= 0.3 is 0 Å². The van der Waals surface area contributed by atoms with Crippen molar-refractivity contribution in [2.75, 3.05) is 5.75 Å². The number of rotatable bonds is 2. The molecule has 0 aliphatic carbocycles. The van der Waals surface area contributed by atoms with Gasteiger partial charge in [-0.1, -0.05) is 0 Å². The van der Waals surface area contributed by atoms with Crippen LogP contribution in [0.25, 0.3) is 0 Å². The molecule has 1 atom stereocenters. The second-order valence-corrected chi connectivity index (χ2v) is 2.19. The van der Waals surface area contributed by atoms with Gasteiger partial charge in [-0.3, -0.25) is 0 Å². The van der Waals surface area contributed by atoms with E-state index >= 15 is 0 Å². The predicted octanol–water partition coefficient (Wildman–Crippen LogP) is 0.521. The first-order chi connectivity index (χ1) is 2.77. The Bertz CT molecular complexity index is 30.0. The van der Waals surface area contributed by atoms with Crippen LogP contribution >= 0.6 is 25.3 Å². The van der Waals surface area contributed by atoms with Crippen molar-refractivity contribution in [1.82, 2.24) is 0 Å². The Kier molecular flexibility index (Phi) is 4.26. The van der Waals surface area contributed by atoms with Gasteiger partial charge in [0.1, 0.15) is 0 Å². The van der Waals surface area contributed by atoms with Crippen molar-refractivity contribution in [3.8, 4) is 0 Å². The SMILES string of the molecule is NC(S)CCS. The van der Waals surface area contributed by atoms with Gasteiger partial charge in [0, 0.05) is 5.37 Å². The molecule has 1 nitrogen and oxygen atoms in total. The molecule has 0 amide bonds. The number of hydrogen-bond donors (Lipinski definition) is 3. The summed E-state index contributed by atoms with van der Waals surface area (Å²) in [5, 5.41) is 0.0162. The molecule has 0 aliphatic heterocycles. The topological polar surface area (TPSA) is 26.0 Å². The van der Waals surface area contributed by atoms with Gasteiger partial charge in [-0.2, -0.15) is 25.3 Å². The van der Waals surface area contributed by atoms with E-state index in [1.807, 2.05) is 0 Å². The molecule has 0 aliphatic rings. The molecule has 1 unspecified atom stereocenters. The molecular weight excluding hydrogens is 114 g/mol. The Balaban J connectivity index is 2.63. The Hall–Kier alpha value is 0.660. The summed E-state index contributed by atoms with van der Waals surface area (Å²) in [5.74, 6) is 0.824. The van der Waals surface area contributed by atoms with Crippen molar-refractivity contribution >= 4 is 25.3 Å². The molecule has 0 spiro atoms. The molecule has 0 radical (unpaired) electrons. The van der Waals surface area contributed by atoms with Crippen LogP contribution in [0.5, 0.6) is 0 Å². The number of nitrogens with two attached hydrogens (primary N) is 1. The number of hydrogen-bond acceptors (Lipinski definition) is 3. The zero-order valence-corrected chi connectivity index (χ0v) is 5.25. The molecule has 0 bridgehead atoms. The van der Waals surface area contributed by atoms with Gasteiger partial charge in [-0.05, 0) is 12.2 Å². The zero-order valence-electron chi connectivity index (χ0n) is 3.46. The molecule has 2 N–H and O–H groups in total.